The Hall–Kier alpha value is -7.23. The molecule has 4 aromatic carbocycles. The van der Waals surface area contributed by atoms with Gasteiger partial charge in [-0.1, -0.05) is 81.5 Å². The van der Waals surface area contributed by atoms with Crippen LogP contribution in [0.3, 0.4) is 0 Å². The molecular weight excluding hydrogens is 993 g/mol. The number of nitrogens with one attached hydrogen (secondary N) is 2. The van der Waals surface area contributed by atoms with Gasteiger partial charge in [0.1, 0.15) is 36.3 Å². The molecule has 3 heterocycles. The monoisotopic (exact) mass is 1070 g/mol. The highest BCUT2D eigenvalue weighted by molar-refractivity contribution is 6.05. The van der Waals surface area contributed by atoms with Crippen LogP contribution in [0.1, 0.15) is 165 Å². The SMILES string of the molecule is CC[C@H](C(=O)N1CCCC[C@H]1C(=O)OC(CCc1ccc(C)c(C)c1)c1cccc(OCC(=O)NCCCCCCCCCC(=O)COc2cccc3c2CN(C2CCC(=O)NC2=O)C3=O)c1)c1cc(C)c(OC)c(OC)c1. The predicted octanol–water partition coefficient (Wildman–Crippen LogP) is 9.45. The number of fused-ring (bicyclic) bond motifs is 1. The third-order valence-electron chi connectivity index (χ3n) is 15.4. The van der Waals surface area contributed by atoms with E-state index in [0.717, 1.165) is 80.0 Å². The number of ether oxygens (including phenoxy) is 5. The summed E-state index contributed by atoms with van der Waals surface area (Å²) in [5.41, 5.74) is 6.99. The number of likely N-dealkylation sites (tertiary alicyclic amines) is 1. The summed E-state index contributed by atoms with van der Waals surface area (Å²) in [6.45, 7) is 8.94. The molecule has 3 aliphatic rings. The van der Waals surface area contributed by atoms with E-state index < -0.39 is 36.0 Å². The molecular formula is C62H78N4O12. The van der Waals surface area contributed by atoms with Crippen LogP contribution in [-0.2, 0) is 46.5 Å². The van der Waals surface area contributed by atoms with E-state index in [4.69, 9.17) is 23.7 Å². The topological polar surface area (TPSA) is 196 Å². The molecule has 2 saturated heterocycles. The highest BCUT2D eigenvalue weighted by Gasteiger charge is 2.41. The summed E-state index contributed by atoms with van der Waals surface area (Å²) in [6, 6.07) is 21.2. The number of hydrogen-bond acceptors (Lipinski definition) is 12. The highest BCUT2D eigenvalue weighted by atomic mass is 16.5. The lowest BCUT2D eigenvalue weighted by atomic mass is 9.91. The minimum atomic E-state index is -0.742. The molecule has 4 atom stereocenters. The Bertz CT molecular complexity index is 2790. The lowest BCUT2D eigenvalue weighted by Crippen LogP contribution is -2.52. The first-order valence-corrected chi connectivity index (χ1v) is 27.9. The first-order valence-electron chi connectivity index (χ1n) is 27.9. The Labute approximate surface area is 459 Å². The zero-order chi connectivity index (χ0) is 55.7. The Morgan fingerprint density at radius 1 is 0.756 bits per heavy atom. The molecule has 0 saturated carbocycles. The molecule has 3 aliphatic heterocycles. The molecule has 2 fully saturated rings. The van der Waals surface area contributed by atoms with Gasteiger partial charge in [0.2, 0.25) is 17.7 Å². The third-order valence-corrected chi connectivity index (χ3v) is 15.4. The average Bonchev–Trinajstić information content (AvgIpc) is 3.78. The molecule has 0 spiro atoms. The fourth-order valence-corrected chi connectivity index (χ4v) is 10.8. The summed E-state index contributed by atoms with van der Waals surface area (Å²) in [5, 5.41) is 5.27. The van der Waals surface area contributed by atoms with Crippen LogP contribution in [0.2, 0.25) is 0 Å². The molecule has 16 nitrogen and oxygen atoms in total. The van der Waals surface area contributed by atoms with Crippen molar-refractivity contribution in [2.45, 2.75) is 161 Å². The standard InChI is InChI=1S/C62H78N4O12/c1-7-48(45-34-42(4)58(75-6)55(36-45)74-5)60(71)65-32-16-14-23-52(65)62(73)78-53(29-27-43-26-25-40(2)41(3)33-43)44-19-17-21-47(35-44)76-39-57(69)63-31-15-12-10-8-9-11-13-20-46(67)38-77-54-24-18-22-49-50(54)37-66(61(49)72)51-28-30-56(68)64-59(51)70/h17-19,21-22,24-26,33-36,48,51-53H,7-16,20,23,27-32,37-39H2,1-6H3,(H,63,69)(H,64,68,70)/t48-,51?,52-,53?/m0/s1. The Morgan fingerprint density at radius 2 is 1.53 bits per heavy atom. The maximum Gasteiger partial charge on any atom is 0.329 e. The number of rotatable bonds is 28. The van der Waals surface area contributed by atoms with Gasteiger partial charge < -0.3 is 38.8 Å². The number of carbonyl (C=O) groups is 7. The number of imide groups is 1. The van der Waals surface area contributed by atoms with Crippen LogP contribution in [-0.4, -0.2) is 104 Å². The zero-order valence-electron chi connectivity index (χ0n) is 46.4. The second-order valence-corrected chi connectivity index (χ2v) is 20.9. The van der Waals surface area contributed by atoms with E-state index >= 15 is 0 Å². The quantitative estimate of drug-likeness (QED) is 0.0311. The number of ketones is 1. The van der Waals surface area contributed by atoms with Crippen LogP contribution in [0.25, 0.3) is 0 Å². The van der Waals surface area contributed by atoms with Gasteiger partial charge in [0.15, 0.2) is 23.9 Å². The third kappa shape index (κ3) is 15.3. The number of piperidine rings is 2. The van der Waals surface area contributed by atoms with Crippen molar-refractivity contribution in [3.05, 3.63) is 117 Å². The van der Waals surface area contributed by atoms with Gasteiger partial charge >= 0.3 is 5.97 Å². The van der Waals surface area contributed by atoms with E-state index in [9.17, 15) is 33.6 Å². The van der Waals surface area contributed by atoms with Crippen LogP contribution in [0.5, 0.6) is 23.0 Å². The Kier molecular flexibility index (Phi) is 21.3. The van der Waals surface area contributed by atoms with E-state index in [1.807, 2.05) is 44.2 Å². The molecule has 0 radical (unpaired) electrons. The van der Waals surface area contributed by atoms with Crippen LogP contribution in [0, 0.1) is 20.8 Å². The molecule has 0 aliphatic carbocycles. The van der Waals surface area contributed by atoms with Gasteiger partial charge in [-0.05, 0) is 142 Å². The fraction of sp³-hybridized carbons (Fsp3) is 0.500. The molecule has 7 rings (SSSR count). The second-order valence-electron chi connectivity index (χ2n) is 20.9. The molecule has 2 unspecified atom stereocenters. The molecule has 4 aromatic rings. The highest BCUT2D eigenvalue weighted by Crippen LogP contribution is 2.38. The average molecular weight is 1070 g/mol. The molecule has 5 amide bonds. The van der Waals surface area contributed by atoms with Crippen molar-refractivity contribution in [3.63, 3.8) is 0 Å². The molecule has 0 bridgehead atoms. The lowest BCUT2D eigenvalue weighted by molar-refractivity contribution is -0.162. The number of esters is 1. The number of unbranched alkanes of at least 4 members (excludes halogenated alkanes) is 6. The second kappa shape index (κ2) is 28.4. The number of Topliss-reactive ketones (excluding diaryl/α,β-unsaturated/α-hetero) is 1. The maximum atomic E-state index is 14.5. The number of nitrogens with zero attached hydrogens (tertiary/aromatic N) is 2. The normalized spacial score (nSPS) is 16.9. The van der Waals surface area contributed by atoms with Gasteiger partial charge in [0.25, 0.3) is 11.8 Å². The molecule has 16 heteroatoms. The maximum absolute atomic E-state index is 14.5. The van der Waals surface area contributed by atoms with Crippen LogP contribution >= 0.6 is 0 Å². The van der Waals surface area contributed by atoms with Crippen molar-refractivity contribution in [1.29, 1.82) is 0 Å². The van der Waals surface area contributed by atoms with Gasteiger partial charge in [0.05, 0.1) is 26.7 Å². The molecule has 0 aromatic heterocycles. The van der Waals surface area contributed by atoms with E-state index in [1.54, 1.807) is 43.4 Å². The Balaban J connectivity index is 0.830. The first-order chi connectivity index (χ1) is 37.7. The van der Waals surface area contributed by atoms with Crippen molar-refractivity contribution in [2.75, 3.05) is 40.5 Å². The fourth-order valence-electron chi connectivity index (χ4n) is 10.8. The van der Waals surface area contributed by atoms with Gasteiger partial charge in [-0.15, -0.1) is 0 Å². The summed E-state index contributed by atoms with van der Waals surface area (Å²) in [4.78, 5) is 94.9. The number of aryl methyl sites for hydroxylation is 4. The molecule has 78 heavy (non-hydrogen) atoms. The van der Waals surface area contributed by atoms with Crippen molar-refractivity contribution in [3.8, 4) is 23.0 Å². The summed E-state index contributed by atoms with van der Waals surface area (Å²) in [6.07, 6.45) is 10.4. The van der Waals surface area contributed by atoms with E-state index in [-0.39, 0.29) is 62.0 Å². The summed E-state index contributed by atoms with van der Waals surface area (Å²) >= 11 is 0. The molecule has 418 valence electrons. The van der Waals surface area contributed by atoms with Gasteiger partial charge in [-0.3, -0.25) is 34.1 Å². The number of carbonyl (C=O) groups excluding carboxylic acids is 7. The van der Waals surface area contributed by atoms with E-state index in [2.05, 4.69) is 42.7 Å². The van der Waals surface area contributed by atoms with Crippen LogP contribution < -0.4 is 29.6 Å². The van der Waals surface area contributed by atoms with Gasteiger partial charge in [0, 0.05) is 37.1 Å². The number of methoxy groups -OCH3 is 2. The summed E-state index contributed by atoms with van der Waals surface area (Å²) < 4.78 is 29.5. The van der Waals surface area contributed by atoms with Crippen molar-refractivity contribution < 1.29 is 57.2 Å². The minimum absolute atomic E-state index is 0.0260. The largest absolute Gasteiger partial charge is 0.493 e. The molecule has 2 N–H and O–H groups in total. The van der Waals surface area contributed by atoms with Crippen LogP contribution in [0.4, 0.5) is 0 Å². The van der Waals surface area contributed by atoms with Crippen molar-refractivity contribution >= 4 is 41.3 Å². The predicted molar refractivity (Wildman–Crippen MR) is 295 cm³/mol. The summed E-state index contributed by atoms with van der Waals surface area (Å²) in [5.74, 6) is -0.314. The van der Waals surface area contributed by atoms with E-state index in [0.29, 0.717) is 79.3 Å². The minimum Gasteiger partial charge on any atom is -0.493 e. The van der Waals surface area contributed by atoms with Gasteiger partial charge in [-0.25, -0.2) is 4.79 Å². The van der Waals surface area contributed by atoms with E-state index in [1.165, 1.54) is 16.0 Å². The number of amides is 5. The first kappa shape index (κ1) is 58.5. The lowest BCUT2D eigenvalue weighted by Gasteiger charge is -2.37. The zero-order valence-corrected chi connectivity index (χ0v) is 46.4. The number of hydrogen-bond donors (Lipinski definition) is 2. The van der Waals surface area contributed by atoms with Crippen LogP contribution in [0.15, 0.2) is 72.8 Å². The Morgan fingerprint density at radius 3 is 2.27 bits per heavy atom. The number of benzene rings is 4. The van der Waals surface area contributed by atoms with Gasteiger partial charge in [-0.2, -0.15) is 0 Å². The summed E-state index contributed by atoms with van der Waals surface area (Å²) in [7, 11) is 3.17. The van der Waals surface area contributed by atoms with Crippen molar-refractivity contribution in [1.82, 2.24) is 20.4 Å². The van der Waals surface area contributed by atoms with Crippen molar-refractivity contribution in [2.24, 2.45) is 0 Å². The smallest absolute Gasteiger partial charge is 0.329 e.